The third-order valence-corrected chi connectivity index (χ3v) is 1.53. The van der Waals surface area contributed by atoms with Crippen molar-refractivity contribution in [3.63, 3.8) is 0 Å². The summed E-state index contributed by atoms with van der Waals surface area (Å²) in [7, 11) is 0. The summed E-state index contributed by atoms with van der Waals surface area (Å²) in [5, 5.41) is 0. The van der Waals surface area contributed by atoms with Crippen molar-refractivity contribution >= 4 is 17.5 Å². The fraction of sp³-hybridized carbons (Fsp3) is 0.143. The molecule has 0 atom stereocenters. The average molecular weight is 157 g/mol. The van der Waals surface area contributed by atoms with Crippen molar-refractivity contribution in [2.45, 2.75) is 6.92 Å². The monoisotopic (exact) mass is 156 g/mol. The van der Waals surface area contributed by atoms with E-state index in [4.69, 9.17) is 17.6 Å². The SMILES string of the molecule is Cc1ccccc1N(N)Cl. The van der Waals surface area contributed by atoms with E-state index in [9.17, 15) is 0 Å². The highest BCUT2D eigenvalue weighted by molar-refractivity contribution is 6.25. The van der Waals surface area contributed by atoms with Crippen molar-refractivity contribution in [2.75, 3.05) is 4.53 Å². The number of hydrogen-bond acceptors (Lipinski definition) is 2. The van der Waals surface area contributed by atoms with Crippen LogP contribution in [0.4, 0.5) is 5.69 Å². The lowest BCUT2D eigenvalue weighted by atomic mass is 10.2. The first-order chi connectivity index (χ1) is 4.72. The highest BCUT2D eigenvalue weighted by Crippen LogP contribution is 2.17. The molecule has 0 saturated carbocycles. The predicted molar refractivity (Wildman–Crippen MR) is 43.7 cm³/mol. The molecule has 3 heteroatoms. The fourth-order valence-electron chi connectivity index (χ4n) is 0.803. The Bertz CT molecular complexity index is 223. The van der Waals surface area contributed by atoms with E-state index >= 15 is 0 Å². The predicted octanol–water partition coefficient (Wildman–Crippen LogP) is 1.83. The highest BCUT2D eigenvalue weighted by Gasteiger charge is 1.98. The minimum atomic E-state index is 0.837. The molecule has 2 N–H and O–H groups in total. The van der Waals surface area contributed by atoms with E-state index in [1.54, 1.807) is 0 Å². The van der Waals surface area contributed by atoms with Gasteiger partial charge in [0.05, 0.1) is 5.69 Å². The molecule has 1 aromatic rings. The first kappa shape index (κ1) is 7.38. The Kier molecular flexibility index (Phi) is 2.14. The van der Waals surface area contributed by atoms with Gasteiger partial charge >= 0.3 is 0 Å². The number of hydrazine groups is 1. The van der Waals surface area contributed by atoms with Crippen LogP contribution < -0.4 is 10.4 Å². The highest BCUT2D eigenvalue weighted by atomic mass is 35.5. The summed E-state index contributed by atoms with van der Waals surface area (Å²) in [5.74, 6) is 5.31. The second-order valence-corrected chi connectivity index (χ2v) is 2.46. The number of anilines is 1. The Morgan fingerprint density at radius 2 is 2.00 bits per heavy atom. The van der Waals surface area contributed by atoms with Gasteiger partial charge in [-0.3, -0.25) is 0 Å². The van der Waals surface area contributed by atoms with Gasteiger partial charge < -0.3 is 0 Å². The van der Waals surface area contributed by atoms with Crippen molar-refractivity contribution in [3.8, 4) is 0 Å². The normalized spacial score (nSPS) is 9.50. The molecule has 0 saturated heterocycles. The van der Waals surface area contributed by atoms with Gasteiger partial charge in [-0.2, -0.15) is 0 Å². The zero-order valence-corrected chi connectivity index (χ0v) is 6.47. The summed E-state index contributed by atoms with van der Waals surface area (Å²) < 4.78 is 1.09. The Hall–Kier alpha value is -0.730. The second kappa shape index (κ2) is 2.90. The molecule has 10 heavy (non-hydrogen) atoms. The minimum Gasteiger partial charge on any atom is -0.232 e. The number of rotatable bonds is 1. The molecule has 1 rings (SSSR count). The van der Waals surface area contributed by atoms with Crippen LogP contribution in [-0.4, -0.2) is 0 Å². The van der Waals surface area contributed by atoms with Crippen LogP contribution in [0.2, 0.25) is 0 Å². The second-order valence-electron chi connectivity index (χ2n) is 2.10. The number of halogens is 1. The van der Waals surface area contributed by atoms with Gasteiger partial charge in [0.15, 0.2) is 0 Å². The molecular weight excluding hydrogens is 148 g/mol. The number of nitrogens with zero attached hydrogens (tertiary/aromatic N) is 1. The van der Waals surface area contributed by atoms with Crippen molar-refractivity contribution in [2.24, 2.45) is 5.84 Å². The molecular formula is C7H9ClN2. The van der Waals surface area contributed by atoms with Gasteiger partial charge in [0.25, 0.3) is 0 Å². The van der Waals surface area contributed by atoms with Crippen LogP contribution >= 0.6 is 11.8 Å². The van der Waals surface area contributed by atoms with E-state index in [1.165, 1.54) is 0 Å². The number of nitrogens with two attached hydrogens (primary N) is 1. The quantitative estimate of drug-likeness (QED) is 0.382. The Morgan fingerprint density at radius 1 is 1.40 bits per heavy atom. The third-order valence-electron chi connectivity index (χ3n) is 1.35. The molecule has 0 unspecified atom stereocenters. The van der Waals surface area contributed by atoms with Crippen LogP contribution in [0.15, 0.2) is 24.3 Å². The number of hydrogen-bond donors (Lipinski definition) is 1. The van der Waals surface area contributed by atoms with E-state index in [2.05, 4.69) is 0 Å². The van der Waals surface area contributed by atoms with Gasteiger partial charge in [-0.15, -0.1) is 0 Å². The summed E-state index contributed by atoms with van der Waals surface area (Å²) in [4.78, 5) is 0. The van der Waals surface area contributed by atoms with E-state index in [0.29, 0.717) is 0 Å². The standard InChI is InChI=1S/C7H9ClN2/c1-6-4-2-3-5-7(6)10(8)9/h2-5H,9H2,1H3. The lowest BCUT2D eigenvalue weighted by Gasteiger charge is -2.10. The van der Waals surface area contributed by atoms with E-state index in [0.717, 1.165) is 15.8 Å². The van der Waals surface area contributed by atoms with Crippen molar-refractivity contribution in [3.05, 3.63) is 29.8 Å². The molecule has 0 spiro atoms. The number of para-hydroxylation sites is 1. The molecule has 2 nitrogen and oxygen atoms in total. The third kappa shape index (κ3) is 1.40. The summed E-state index contributed by atoms with van der Waals surface area (Å²) in [6.07, 6.45) is 0. The maximum absolute atomic E-state index is 5.52. The van der Waals surface area contributed by atoms with Gasteiger partial charge in [0.1, 0.15) is 0 Å². The number of benzene rings is 1. The summed E-state index contributed by atoms with van der Waals surface area (Å²) in [6.45, 7) is 1.96. The zero-order valence-electron chi connectivity index (χ0n) is 5.71. The summed E-state index contributed by atoms with van der Waals surface area (Å²) >= 11 is 5.52. The minimum absolute atomic E-state index is 0.837. The van der Waals surface area contributed by atoms with Gasteiger partial charge in [-0.05, 0) is 18.6 Å². The van der Waals surface area contributed by atoms with Crippen LogP contribution in [0.5, 0.6) is 0 Å². The maximum atomic E-state index is 5.52. The van der Waals surface area contributed by atoms with Crippen LogP contribution in [0, 0.1) is 6.92 Å². The maximum Gasteiger partial charge on any atom is 0.0732 e. The average Bonchev–Trinajstić information content (AvgIpc) is 1.88. The van der Waals surface area contributed by atoms with Gasteiger partial charge in [0.2, 0.25) is 0 Å². The topological polar surface area (TPSA) is 29.3 Å². The van der Waals surface area contributed by atoms with Crippen molar-refractivity contribution in [1.82, 2.24) is 0 Å². The lowest BCUT2D eigenvalue weighted by Crippen LogP contribution is -2.19. The van der Waals surface area contributed by atoms with Crippen LogP contribution in [0.25, 0.3) is 0 Å². The van der Waals surface area contributed by atoms with Crippen LogP contribution in [0.1, 0.15) is 5.56 Å². The molecule has 0 radical (unpaired) electrons. The Morgan fingerprint density at radius 3 is 2.40 bits per heavy atom. The Balaban J connectivity index is 3.03. The lowest BCUT2D eigenvalue weighted by molar-refractivity contribution is 1.17. The summed E-state index contributed by atoms with van der Waals surface area (Å²) in [5.41, 5.74) is 1.91. The fourth-order valence-corrected chi connectivity index (χ4v) is 0.993. The van der Waals surface area contributed by atoms with E-state index in [1.807, 2.05) is 31.2 Å². The molecule has 54 valence electrons. The number of aryl methyl sites for hydroxylation is 1. The van der Waals surface area contributed by atoms with E-state index < -0.39 is 0 Å². The molecule has 0 bridgehead atoms. The van der Waals surface area contributed by atoms with Crippen LogP contribution in [0.3, 0.4) is 0 Å². The van der Waals surface area contributed by atoms with Gasteiger partial charge in [-0.1, -0.05) is 18.2 Å². The first-order valence-corrected chi connectivity index (χ1v) is 3.32. The van der Waals surface area contributed by atoms with Crippen molar-refractivity contribution in [1.29, 1.82) is 0 Å². The van der Waals surface area contributed by atoms with Gasteiger partial charge in [-0.25, -0.2) is 10.4 Å². The molecule has 1 aromatic carbocycles. The zero-order chi connectivity index (χ0) is 7.56. The molecule has 0 aromatic heterocycles. The van der Waals surface area contributed by atoms with Crippen LogP contribution in [-0.2, 0) is 0 Å². The Labute approximate surface area is 65.3 Å². The first-order valence-electron chi connectivity index (χ1n) is 2.98. The largest absolute Gasteiger partial charge is 0.232 e. The summed E-state index contributed by atoms with van der Waals surface area (Å²) in [6, 6.07) is 7.66. The molecule has 0 aliphatic carbocycles. The molecule has 0 fully saturated rings. The van der Waals surface area contributed by atoms with Crippen molar-refractivity contribution < 1.29 is 0 Å². The van der Waals surface area contributed by atoms with Gasteiger partial charge in [0, 0.05) is 11.8 Å². The van der Waals surface area contributed by atoms with E-state index in [-0.39, 0.29) is 0 Å². The molecule has 0 heterocycles. The smallest absolute Gasteiger partial charge is 0.0732 e. The molecule has 0 aliphatic rings. The molecule has 0 amide bonds. The molecule has 0 aliphatic heterocycles.